The molecule has 1 aromatic carbocycles. The average molecular weight is 465 g/mol. The second-order valence-electron chi connectivity index (χ2n) is 7.98. The van der Waals surface area contributed by atoms with E-state index >= 15 is 0 Å². The molecule has 0 saturated carbocycles. The summed E-state index contributed by atoms with van der Waals surface area (Å²) < 4.78 is 38.9. The van der Waals surface area contributed by atoms with Crippen molar-refractivity contribution in [1.29, 1.82) is 0 Å². The van der Waals surface area contributed by atoms with Crippen LogP contribution in [0.2, 0.25) is 5.02 Å². The van der Waals surface area contributed by atoms with Gasteiger partial charge in [-0.25, -0.2) is 17.8 Å². The average Bonchev–Trinajstić information content (AvgIpc) is 2.67. The van der Waals surface area contributed by atoms with E-state index in [1.54, 1.807) is 6.07 Å². The molecule has 1 aliphatic heterocycles. The van der Waals surface area contributed by atoms with Gasteiger partial charge >= 0.3 is 0 Å². The van der Waals surface area contributed by atoms with Crippen LogP contribution in [-0.2, 0) is 15.4 Å². The number of aromatic nitrogens is 1. The first-order valence-corrected chi connectivity index (χ1v) is 11.3. The molecule has 31 heavy (non-hydrogen) atoms. The van der Waals surface area contributed by atoms with Crippen molar-refractivity contribution in [3.05, 3.63) is 64.7 Å². The number of rotatable bonds is 4. The largest absolute Gasteiger partial charge is 0.386 e. The van der Waals surface area contributed by atoms with Gasteiger partial charge in [-0.3, -0.25) is 9.79 Å². The first-order valence-electron chi connectivity index (χ1n) is 9.28. The summed E-state index contributed by atoms with van der Waals surface area (Å²) >= 11 is 5.90. The number of nitrogens with zero attached hydrogens (tertiary/aromatic N) is 2. The SMILES string of the molecule is C=Cc1cc(Cl)cnc1C(=O)Nc1ccc(F)c(C2(C)CS(=O)(=O)C(C)(C)C(N)=N2)c1. The van der Waals surface area contributed by atoms with Gasteiger partial charge in [-0.15, -0.1) is 0 Å². The van der Waals surface area contributed by atoms with Gasteiger partial charge in [0.05, 0.1) is 10.8 Å². The molecule has 1 aromatic heterocycles. The molecule has 1 amide bonds. The molecular formula is C21H22ClFN4O3S. The van der Waals surface area contributed by atoms with E-state index in [4.69, 9.17) is 17.3 Å². The van der Waals surface area contributed by atoms with Crippen LogP contribution >= 0.6 is 11.6 Å². The maximum Gasteiger partial charge on any atom is 0.274 e. The third-order valence-electron chi connectivity index (χ3n) is 5.36. The summed E-state index contributed by atoms with van der Waals surface area (Å²) in [6.07, 6.45) is 2.77. The predicted octanol–water partition coefficient (Wildman–Crippen LogP) is 3.55. The Morgan fingerprint density at radius 3 is 2.61 bits per heavy atom. The van der Waals surface area contributed by atoms with Crippen LogP contribution in [0.5, 0.6) is 0 Å². The van der Waals surface area contributed by atoms with E-state index in [2.05, 4.69) is 21.9 Å². The normalized spacial score (nSPS) is 21.8. The summed E-state index contributed by atoms with van der Waals surface area (Å²) in [5.74, 6) is -1.75. The van der Waals surface area contributed by atoms with Crippen LogP contribution in [0.3, 0.4) is 0 Å². The predicted molar refractivity (Wildman–Crippen MR) is 121 cm³/mol. The van der Waals surface area contributed by atoms with E-state index in [1.807, 2.05) is 0 Å². The first kappa shape index (κ1) is 22.9. The van der Waals surface area contributed by atoms with E-state index < -0.39 is 37.6 Å². The standard InChI is InChI=1S/C21H22ClFN4O3S/c1-5-12-8-13(22)10-25-17(12)18(28)26-14-6-7-16(23)15(9-14)21(4)11-31(29,30)20(2,3)19(24)27-21/h5-10H,1,11H2,2-4H3,(H2,24,27)(H,26,28). The Balaban J connectivity index is 2.01. The van der Waals surface area contributed by atoms with Gasteiger partial charge in [0, 0.05) is 23.0 Å². The van der Waals surface area contributed by atoms with Crippen molar-refractivity contribution in [3.63, 3.8) is 0 Å². The highest BCUT2D eigenvalue weighted by molar-refractivity contribution is 7.93. The number of pyridine rings is 1. The van der Waals surface area contributed by atoms with E-state index in [9.17, 15) is 17.6 Å². The highest BCUT2D eigenvalue weighted by Crippen LogP contribution is 2.38. The summed E-state index contributed by atoms with van der Waals surface area (Å²) in [7, 11) is -3.72. The molecule has 2 aromatic rings. The van der Waals surface area contributed by atoms with Crippen molar-refractivity contribution in [2.75, 3.05) is 11.1 Å². The fourth-order valence-corrected chi connectivity index (χ4v) is 5.14. The molecule has 1 aliphatic rings. The molecule has 164 valence electrons. The van der Waals surface area contributed by atoms with Crippen molar-refractivity contribution in [2.24, 2.45) is 10.7 Å². The number of nitrogens with one attached hydrogen (secondary N) is 1. The van der Waals surface area contributed by atoms with Gasteiger partial charge in [0.25, 0.3) is 5.91 Å². The molecule has 3 N–H and O–H groups in total. The lowest BCUT2D eigenvalue weighted by molar-refractivity contribution is 0.102. The Kier molecular flexibility index (Phi) is 5.70. The number of amidine groups is 1. The van der Waals surface area contributed by atoms with Gasteiger partial charge < -0.3 is 11.1 Å². The number of carbonyl (C=O) groups excluding carboxylic acids is 1. The maximum absolute atomic E-state index is 14.7. The highest BCUT2D eigenvalue weighted by Gasteiger charge is 2.49. The minimum absolute atomic E-state index is 0.000310. The van der Waals surface area contributed by atoms with Crippen LogP contribution in [0.1, 0.15) is 42.4 Å². The van der Waals surface area contributed by atoms with Crippen LogP contribution in [0, 0.1) is 5.82 Å². The lowest BCUT2D eigenvalue weighted by Crippen LogP contribution is -2.55. The monoisotopic (exact) mass is 464 g/mol. The lowest BCUT2D eigenvalue weighted by atomic mass is 9.92. The van der Waals surface area contributed by atoms with Crippen molar-refractivity contribution < 1.29 is 17.6 Å². The quantitative estimate of drug-likeness (QED) is 0.718. The number of aliphatic imine (C=N–C) groups is 1. The van der Waals surface area contributed by atoms with Crippen LogP contribution in [0.25, 0.3) is 6.08 Å². The molecule has 1 atom stereocenters. The van der Waals surface area contributed by atoms with Crippen molar-refractivity contribution in [1.82, 2.24) is 4.98 Å². The van der Waals surface area contributed by atoms with Gasteiger partial charge in [-0.1, -0.05) is 24.3 Å². The molecule has 3 rings (SSSR count). The molecule has 0 fully saturated rings. The van der Waals surface area contributed by atoms with Crippen LogP contribution in [-0.4, -0.2) is 35.6 Å². The molecule has 1 unspecified atom stereocenters. The van der Waals surface area contributed by atoms with E-state index in [1.165, 1.54) is 45.2 Å². The first-order chi connectivity index (χ1) is 14.3. The maximum atomic E-state index is 14.7. The summed E-state index contributed by atoms with van der Waals surface area (Å²) in [6, 6.07) is 5.39. The molecule has 0 spiro atoms. The van der Waals surface area contributed by atoms with Gasteiger partial charge in [0.1, 0.15) is 27.6 Å². The van der Waals surface area contributed by atoms with Gasteiger partial charge in [0.2, 0.25) is 0 Å². The number of hydrogen-bond donors (Lipinski definition) is 2. The third kappa shape index (κ3) is 4.07. The zero-order valence-corrected chi connectivity index (χ0v) is 18.8. The fourth-order valence-electron chi connectivity index (χ4n) is 3.29. The molecular weight excluding hydrogens is 443 g/mol. The second-order valence-corrected chi connectivity index (χ2v) is 11.0. The van der Waals surface area contributed by atoms with Gasteiger partial charge in [-0.2, -0.15) is 0 Å². The molecule has 2 heterocycles. The molecule has 0 radical (unpaired) electrons. The number of sulfone groups is 1. The number of nitrogens with two attached hydrogens (primary N) is 1. The Morgan fingerprint density at radius 2 is 2.00 bits per heavy atom. The van der Waals surface area contributed by atoms with E-state index in [0.717, 1.165) is 6.07 Å². The number of amides is 1. The van der Waals surface area contributed by atoms with Crippen LogP contribution in [0.4, 0.5) is 10.1 Å². The summed E-state index contributed by atoms with van der Waals surface area (Å²) in [5, 5.41) is 2.98. The third-order valence-corrected chi connectivity index (χ3v) is 8.27. The van der Waals surface area contributed by atoms with Crippen molar-refractivity contribution in [2.45, 2.75) is 31.1 Å². The number of carbonyl (C=O) groups is 1. The number of halogens is 2. The lowest BCUT2D eigenvalue weighted by Gasteiger charge is -2.38. The fraction of sp³-hybridized carbons (Fsp3) is 0.286. The zero-order valence-electron chi connectivity index (χ0n) is 17.2. The zero-order chi connectivity index (χ0) is 23.2. The van der Waals surface area contributed by atoms with Crippen LogP contribution < -0.4 is 11.1 Å². The number of anilines is 1. The van der Waals surface area contributed by atoms with Crippen molar-refractivity contribution in [3.8, 4) is 0 Å². The molecule has 0 bridgehead atoms. The summed E-state index contributed by atoms with van der Waals surface area (Å²) in [5.41, 5.74) is 5.24. The molecule has 0 saturated heterocycles. The number of hydrogen-bond acceptors (Lipinski definition) is 6. The van der Waals surface area contributed by atoms with Crippen LogP contribution in [0.15, 0.2) is 42.0 Å². The molecule has 0 aliphatic carbocycles. The van der Waals surface area contributed by atoms with E-state index in [0.29, 0.717) is 10.6 Å². The Hall–Kier alpha value is -2.78. The second kappa shape index (κ2) is 7.72. The van der Waals surface area contributed by atoms with E-state index in [-0.39, 0.29) is 22.8 Å². The topological polar surface area (TPSA) is 115 Å². The van der Waals surface area contributed by atoms with Crippen molar-refractivity contribution >= 4 is 44.9 Å². The molecule has 10 heteroatoms. The Morgan fingerprint density at radius 1 is 1.32 bits per heavy atom. The molecule has 7 nitrogen and oxygen atoms in total. The smallest absolute Gasteiger partial charge is 0.274 e. The van der Waals surface area contributed by atoms with Gasteiger partial charge in [-0.05, 0) is 45.0 Å². The Labute approximate surface area is 185 Å². The minimum atomic E-state index is -3.72. The summed E-state index contributed by atoms with van der Waals surface area (Å²) in [6.45, 7) is 8.06. The minimum Gasteiger partial charge on any atom is -0.386 e. The summed E-state index contributed by atoms with van der Waals surface area (Å²) in [4.78, 5) is 21.1. The Bertz CT molecular complexity index is 1230. The van der Waals surface area contributed by atoms with Gasteiger partial charge in [0.15, 0.2) is 9.84 Å². The highest BCUT2D eigenvalue weighted by atomic mass is 35.5. The number of benzene rings is 1.